The molecule has 2 aromatic carbocycles. The number of nitrogens with one attached hydrogen (secondary N) is 1. The van der Waals surface area contributed by atoms with Gasteiger partial charge in [-0.25, -0.2) is 9.37 Å². The third-order valence-electron chi connectivity index (χ3n) is 3.84. The molecule has 1 N–H and O–H groups in total. The minimum atomic E-state index is -0.818. The molecule has 7 heteroatoms. The lowest BCUT2D eigenvalue weighted by atomic mass is 10.2. The van der Waals surface area contributed by atoms with E-state index in [1.807, 2.05) is 29.6 Å². The van der Waals surface area contributed by atoms with E-state index in [1.54, 1.807) is 26.2 Å². The van der Waals surface area contributed by atoms with Crippen molar-refractivity contribution >= 4 is 17.2 Å². The molecule has 5 nitrogen and oxygen atoms in total. The first-order chi connectivity index (χ1) is 13.1. The molecular weight excluding hydrogens is 367 g/mol. The molecule has 0 unspecified atom stereocenters. The highest BCUT2D eigenvalue weighted by Gasteiger charge is 2.16. The molecule has 1 heterocycles. The predicted octanol–water partition coefficient (Wildman–Crippen LogP) is 4.04. The number of halogens is 1. The number of carbonyl (C=O) groups excluding carboxylic acids is 1. The summed E-state index contributed by atoms with van der Waals surface area (Å²) in [6.07, 6.45) is -0.818. The molecule has 0 spiro atoms. The molecule has 1 aromatic heterocycles. The number of aromatic nitrogens is 1. The lowest BCUT2D eigenvalue weighted by molar-refractivity contribution is -0.127. The van der Waals surface area contributed by atoms with Crippen molar-refractivity contribution in [2.75, 3.05) is 7.11 Å². The van der Waals surface area contributed by atoms with Crippen LogP contribution in [0.2, 0.25) is 0 Å². The molecular formula is C20H19FN2O3S. The predicted molar refractivity (Wildman–Crippen MR) is 102 cm³/mol. The van der Waals surface area contributed by atoms with Crippen LogP contribution in [-0.2, 0) is 11.3 Å². The van der Waals surface area contributed by atoms with Crippen LogP contribution >= 0.6 is 11.3 Å². The summed E-state index contributed by atoms with van der Waals surface area (Å²) in [6, 6.07) is 13.6. The molecule has 3 rings (SSSR count). The van der Waals surface area contributed by atoms with E-state index in [0.29, 0.717) is 0 Å². The summed E-state index contributed by atoms with van der Waals surface area (Å²) in [5.41, 5.74) is 1.73. The van der Waals surface area contributed by atoms with Crippen LogP contribution in [0.4, 0.5) is 4.39 Å². The van der Waals surface area contributed by atoms with Crippen molar-refractivity contribution in [2.45, 2.75) is 19.6 Å². The maximum atomic E-state index is 13.6. The van der Waals surface area contributed by atoms with E-state index in [4.69, 9.17) is 9.47 Å². The Kier molecular flexibility index (Phi) is 6.03. The van der Waals surface area contributed by atoms with E-state index >= 15 is 0 Å². The van der Waals surface area contributed by atoms with Gasteiger partial charge < -0.3 is 14.8 Å². The number of hydrogen-bond acceptors (Lipinski definition) is 5. The second kappa shape index (κ2) is 8.64. The Bertz CT molecular complexity index is 912. The lowest BCUT2D eigenvalue weighted by Crippen LogP contribution is -2.36. The highest BCUT2D eigenvalue weighted by molar-refractivity contribution is 7.13. The van der Waals surface area contributed by atoms with Crippen LogP contribution in [0.1, 0.15) is 12.6 Å². The number of methoxy groups -OCH3 is 1. The number of amides is 1. The third kappa shape index (κ3) is 4.83. The van der Waals surface area contributed by atoms with Crippen molar-refractivity contribution in [3.05, 3.63) is 65.4 Å². The van der Waals surface area contributed by atoms with Crippen molar-refractivity contribution in [1.29, 1.82) is 0 Å². The second-order valence-corrected chi connectivity index (χ2v) is 6.64. The molecule has 27 heavy (non-hydrogen) atoms. The van der Waals surface area contributed by atoms with E-state index in [0.717, 1.165) is 22.0 Å². The summed E-state index contributed by atoms with van der Waals surface area (Å²) < 4.78 is 24.1. The van der Waals surface area contributed by atoms with Gasteiger partial charge in [-0.1, -0.05) is 12.1 Å². The van der Waals surface area contributed by atoms with E-state index in [-0.39, 0.29) is 18.2 Å². The van der Waals surface area contributed by atoms with Gasteiger partial charge >= 0.3 is 0 Å². The lowest BCUT2D eigenvalue weighted by Gasteiger charge is -2.14. The van der Waals surface area contributed by atoms with Gasteiger partial charge in [0.2, 0.25) is 0 Å². The van der Waals surface area contributed by atoms with E-state index < -0.39 is 11.9 Å². The topological polar surface area (TPSA) is 60.5 Å². The van der Waals surface area contributed by atoms with Crippen LogP contribution in [0.25, 0.3) is 10.6 Å². The van der Waals surface area contributed by atoms with E-state index in [2.05, 4.69) is 10.3 Å². The van der Waals surface area contributed by atoms with Crippen molar-refractivity contribution in [2.24, 2.45) is 0 Å². The average Bonchev–Trinajstić information content (AvgIpc) is 3.17. The zero-order chi connectivity index (χ0) is 19.2. The fourth-order valence-corrected chi connectivity index (χ4v) is 3.19. The molecule has 0 aliphatic rings. The van der Waals surface area contributed by atoms with Gasteiger partial charge in [0.25, 0.3) is 5.91 Å². The Morgan fingerprint density at radius 1 is 1.22 bits per heavy atom. The Labute approximate surface area is 160 Å². The maximum absolute atomic E-state index is 13.6. The van der Waals surface area contributed by atoms with Crippen molar-refractivity contribution in [3.63, 3.8) is 0 Å². The molecule has 0 saturated heterocycles. The van der Waals surface area contributed by atoms with Gasteiger partial charge in [-0.2, -0.15) is 0 Å². The molecule has 0 aliphatic carbocycles. The Morgan fingerprint density at radius 2 is 1.96 bits per heavy atom. The second-order valence-electron chi connectivity index (χ2n) is 5.78. The summed E-state index contributed by atoms with van der Waals surface area (Å²) in [4.78, 5) is 16.7. The largest absolute Gasteiger partial charge is 0.497 e. The first-order valence-electron chi connectivity index (χ1n) is 8.34. The number of thiazole rings is 1. The number of benzene rings is 2. The smallest absolute Gasteiger partial charge is 0.261 e. The number of ether oxygens (including phenoxy) is 2. The van der Waals surface area contributed by atoms with Crippen LogP contribution in [0.15, 0.2) is 53.9 Å². The molecule has 0 bridgehead atoms. The van der Waals surface area contributed by atoms with Gasteiger partial charge in [0.15, 0.2) is 17.7 Å². The van der Waals surface area contributed by atoms with Crippen LogP contribution in [-0.4, -0.2) is 24.1 Å². The van der Waals surface area contributed by atoms with Crippen molar-refractivity contribution < 1.29 is 18.7 Å². The third-order valence-corrected chi connectivity index (χ3v) is 4.78. The molecule has 0 radical (unpaired) electrons. The maximum Gasteiger partial charge on any atom is 0.261 e. The highest BCUT2D eigenvalue weighted by Crippen LogP contribution is 2.25. The number of para-hydroxylation sites is 1. The molecule has 0 saturated carbocycles. The highest BCUT2D eigenvalue weighted by atomic mass is 32.1. The van der Waals surface area contributed by atoms with E-state index in [1.165, 1.54) is 23.5 Å². The fourth-order valence-electron chi connectivity index (χ4n) is 2.36. The van der Waals surface area contributed by atoms with Crippen LogP contribution in [0.3, 0.4) is 0 Å². The number of carbonyl (C=O) groups is 1. The Hall–Kier alpha value is -2.93. The van der Waals surface area contributed by atoms with Crippen molar-refractivity contribution in [3.8, 4) is 22.1 Å². The van der Waals surface area contributed by atoms with Crippen molar-refractivity contribution in [1.82, 2.24) is 10.3 Å². The summed E-state index contributed by atoms with van der Waals surface area (Å²) in [6.45, 7) is 1.85. The summed E-state index contributed by atoms with van der Waals surface area (Å²) in [5.74, 6) is 0.000249. The summed E-state index contributed by atoms with van der Waals surface area (Å²) >= 11 is 1.50. The summed E-state index contributed by atoms with van der Waals surface area (Å²) in [7, 11) is 1.62. The van der Waals surface area contributed by atoms with E-state index in [9.17, 15) is 9.18 Å². The average molecular weight is 386 g/mol. The molecule has 1 amide bonds. The number of nitrogens with zero attached hydrogens (tertiary/aromatic N) is 1. The summed E-state index contributed by atoms with van der Waals surface area (Å²) in [5, 5.41) is 5.51. The quantitative estimate of drug-likeness (QED) is 0.666. The normalized spacial score (nSPS) is 11.7. The first-order valence-corrected chi connectivity index (χ1v) is 9.22. The molecule has 1 atom stereocenters. The SMILES string of the molecule is COc1ccc(-c2nc(CNC(=O)[C@H](C)Oc3ccccc3F)cs2)cc1. The Balaban J connectivity index is 1.56. The number of rotatable bonds is 7. The molecule has 3 aromatic rings. The van der Waals surface area contributed by atoms with Gasteiger partial charge in [0.1, 0.15) is 10.8 Å². The van der Waals surface area contributed by atoms with Gasteiger partial charge in [-0.05, 0) is 43.3 Å². The van der Waals surface area contributed by atoms with Crippen LogP contribution in [0, 0.1) is 5.82 Å². The minimum Gasteiger partial charge on any atom is -0.497 e. The van der Waals surface area contributed by atoms with Gasteiger partial charge in [-0.3, -0.25) is 4.79 Å². The van der Waals surface area contributed by atoms with Crippen LogP contribution in [0.5, 0.6) is 11.5 Å². The zero-order valence-electron chi connectivity index (χ0n) is 14.9. The molecule has 0 fully saturated rings. The number of hydrogen-bond donors (Lipinski definition) is 1. The standard InChI is InChI=1S/C20H19FN2O3S/c1-13(26-18-6-4-3-5-17(18)21)19(24)22-11-15-12-27-20(23-15)14-7-9-16(25-2)10-8-14/h3-10,12-13H,11H2,1-2H3,(H,22,24)/t13-/m0/s1. The Morgan fingerprint density at radius 3 is 2.67 bits per heavy atom. The van der Waals surface area contributed by atoms with Gasteiger partial charge in [0, 0.05) is 10.9 Å². The van der Waals surface area contributed by atoms with Gasteiger partial charge in [-0.15, -0.1) is 11.3 Å². The fraction of sp³-hybridized carbons (Fsp3) is 0.200. The van der Waals surface area contributed by atoms with Gasteiger partial charge in [0.05, 0.1) is 19.3 Å². The molecule has 0 aliphatic heterocycles. The zero-order valence-corrected chi connectivity index (χ0v) is 15.8. The minimum absolute atomic E-state index is 0.0515. The van der Waals surface area contributed by atoms with Crippen LogP contribution < -0.4 is 14.8 Å². The monoisotopic (exact) mass is 386 g/mol. The molecule has 140 valence electrons. The first kappa shape index (κ1) is 18.8.